The lowest BCUT2D eigenvalue weighted by atomic mass is 10.2. The third kappa shape index (κ3) is 6.63. The van der Waals surface area contributed by atoms with Crippen LogP contribution in [0.3, 0.4) is 0 Å². The second-order valence-electron chi connectivity index (χ2n) is 8.50. The zero-order valence-corrected chi connectivity index (χ0v) is 21.8. The van der Waals surface area contributed by atoms with E-state index in [9.17, 15) is 9.59 Å². The number of thiazole rings is 1. The molecule has 1 fully saturated rings. The molecule has 5 rings (SSSR count). The van der Waals surface area contributed by atoms with Crippen LogP contribution >= 0.6 is 11.3 Å². The number of aromatic amines is 1. The van der Waals surface area contributed by atoms with Crippen LogP contribution in [0.25, 0.3) is 16.2 Å². The second kappa shape index (κ2) is 13.3. The van der Waals surface area contributed by atoms with Gasteiger partial charge in [0.05, 0.1) is 48.4 Å². The van der Waals surface area contributed by atoms with E-state index in [1.165, 1.54) is 15.9 Å². The van der Waals surface area contributed by atoms with Gasteiger partial charge in [0.25, 0.3) is 5.91 Å². The average molecular weight is 556 g/mol. The predicted molar refractivity (Wildman–Crippen MR) is 152 cm³/mol. The van der Waals surface area contributed by atoms with Crippen LogP contribution in [0.1, 0.15) is 17.9 Å². The van der Waals surface area contributed by atoms with Gasteiger partial charge < -0.3 is 34.7 Å². The summed E-state index contributed by atoms with van der Waals surface area (Å²) >= 11 is 1.21. The average Bonchev–Trinajstić information content (AvgIpc) is 3.55. The highest BCUT2D eigenvalue weighted by Gasteiger charge is 2.19. The van der Waals surface area contributed by atoms with Gasteiger partial charge in [-0.1, -0.05) is 7.43 Å². The van der Waals surface area contributed by atoms with Crippen molar-refractivity contribution in [2.24, 2.45) is 0 Å². The molecule has 0 bridgehead atoms. The lowest BCUT2D eigenvalue weighted by Crippen LogP contribution is -2.43. The van der Waals surface area contributed by atoms with Gasteiger partial charge in [0.2, 0.25) is 0 Å². The van der Waals surface area contributed by atoms with Gasteiger partial charge in [-0.25, -0.2) is 14.3 Å². The third-order valence-corrected chi connectivity index (χ3v) is 6.83. The van der Waals surface area contributed by atoms with Crippen molar-refractivity contribution < 1.29 is 19.0 Å². The molecule has 1 saturated heterocycles. The van der Waals surface area contributed by atoms with Gasteiger partial charge in [0.1, 0.15) is 18.1 Å². The highest BCUT2D eigenvalue weighted by molar-refractivity contribution is 7.12. The Labute approximate surface area is 229 Å². The number of piperazine rings is 1. The smallest absolute Gasteiger partial charge is 0.332 e. The number of methoxy groups -OCH3 is 1. The van der Waals surface area contributed by atoms with Gasteiger partial charge in [0.15, 0.2) is 5.13 Å². The number of benzene rings is 1. The molecule has 39 heavy (non-hydrogen) atoms. The van der Waals surface area contributed by atoms with Crippen molar-refractivity contribution in [3.63, 3.8) is 0 Å². The Kier molecular flexibility index (Phi) is 9.65. The monoisotopic (exact) mass is 555 g/mol. The molecule has 3 aromatic heterocycles. The number of carbonyl (C=O) groups excluding carboxylic acids is 1. The van der Waals surface area contributed by atoms with Gasteiger partial charge in [0, 0.05) is 50.9 Å². The molecule has 0 spiro atoms. The summed E-state index contributed by atoms with van der Waals surface area (Å²) in [4.78, 5) is 39.5. The number of rotatable bonds is 11. The Hall–Kier alpha value is -3.78. The maximum absolute atomic E-state index is 13.1. The number of aromatic nitrogens is 4. The zero-order chi connectivity index (χ0) is 26.3. The molecule has 12 nitrogen and oxygen atoms in total. The summed E-state index contributed by atoms with van der Waals surface area (Å²) in [5.74, 6) is 0.241. The molecular weight excluding hydrogens is 522 g/mol. The van der Waals surface area contributed by atoms with Crippen molar-refractivity contribution in [3.8, 4) is 10.9 Å². The number of imidazole rings is 1. The van der Waals surface area contributed by atoms with Gasteiger partial charge >= 0.3 is 5.69 Å². The highest BCUT2D eigenvalue weighted by Crippen LogP contribution is 2.27. The molecule has 1 aliphatic heterocycles. The molecule has 0 radical (unpaired) electrons. The molecule has 1 aromatic carbocycles. The molecule has 0 atom stereocenters. The van der Waals surface area contributed by atoms with Crippen LogP contribution in [-0.2, 0) is 9.47 Å². The number of hydrogen-bond acceptors (Lipinski definition) is 10. The summed E-state index contributed by atoms with van der Waals surface area (Å²) < 4.78 is 17.5. The van der Waals surface area contributed by atoms with Gasteiger partial charge in [-0.05, 0) is 18.2 Å². The number of amides is 1. The predicted octanol–water partition coefficient (Wildman–Crippen LogP) is 2.51. The first-order valence-corrected chi connectivity index (χ1v) is 13.1. The number of carbonyl (C=O) groups is 1. The Morgan fingerprint density at radius 2 is 1.97 bits per heavy atom. The van der Waals surface area contributed by atoms with Crippen LogP contribution < -0.4 is 26.0 Å². The summed E-state index contributed by atoms with van der Waals surface area (Å²) in [7, 11) is 1.62. The molecule has 3 N–H and O–H groups in total. The van der Waals surface area contributed by atoms with Crippen LogP contribution in [0.5, 0.6) is 5.75 Å². The Morgan fingerprint density at radius 3 is 2.79 bits per heavy atom. The quantitative estimate of drug-likeness (QED) is 0.239. The van der Waals surface area contributed by atoms with Crippen molar-refractivity contribution >= 4 is 39.7 Å². The third-order valence-electron chi connectivity index (χ3n) is 6.00. The summed E-state index contributed by atoms with van der Waals surface area (Å²) in [5, 5.41) is 8.28. The SMILES string of the molecule is C.COCCOCCOc1ccc2c(c1)[nH]c(=O)n2-c1nc(C(=O)Nc2cnccc2N2CCNCC2)cs1. The fraction of sp³-hybridized carbons (Fsp3) is 0.385. The van der Waals surface area contributed by atoms with Crippen molar-refractivity contribution in [3.05, 3.63) is 58.2 Å². The molecule has 4 heterocycles. The number of ether oxygens (including phenoxy) is 3. The Balaban J connectivity index is 0.00000353. The molecule has 4 aromatic rings. The van der Waals surface area contributed by atoms with Crippen molar-refractivity contribution in [2.45, 2.75) is 7.43 Å². The molecule has 1 amide bonds. The summed E-state index contributed by atoms with van der Waals surface area (Å²) in [6, 6.07) is 7.21. The second-order valence-corrected chi connectivity index (χ2v) is 9.33. The van der Waals surface area contributed by atoms with E-state index in [0.29, 0.717) is 54.0 Å². The molecule has 0 unspecified atom stereocenters. The van der Waals surface area contributed by atoms with E-state index in [0.717, 1.165) is 31.9 Å². The van der Waals surface area contributed by atoms with Crippen LogP contribution in [0.15, 0.2) is 46.8 Å². The topological polar surface area (TPSA) is 136 Å². The van der Waals surface area contributed by atoms with E-state index in [4.69, 9.17) is 14.2 Å². The van der Waals surface area contributed by atoms with Crippen molar-refractivity contribution in [1.82, 2.24) is 24.8 Å². The molecule has 1 aliphatic rings. The Bertz CT molecular complexity index is 1440. The van der Waals surface area contributed by atoms with Crippen molar-refractivity contribution in [2.75, 3.05) is 69.9 Å². The molecule has 0 saturated carbocycles. The number of hydrogen-bond donors (Lipinski definition) is 3. The van der Waals surface area contributed by atoms with Gasteiger partial charge in [-0.3, -0.25) is 9.78 Å². The fourth-order valence-corrected chi connectivity index (χ4v) is 4.97. The first-order chi connectivity index (χ1) is 18.6. The highest BCUT2D eigenvalue weighted by atomic mass is 32.1. The van der Waals surface area contributed by atoms with Gasteiger partial charge in [-0.2, -0.15) is 0 Å². The molecule has 13 heteroatoms. The lowest BCUT2D eigenvalue weighted by molar-refractivity contribution is 0.0544. The minimum Gasteiger partial charge on any atom is -0.491 e. The number of anilines is 2. The van der Waals surface area contributed by atoms with E-state index in [1.807, 2.05) is 6.07 Å². The zero-order valence-electron chi connectivity index (χ0n) is 20.9. The normalized spacial score (nSPS) is 13.3. The van der Waals surface area contributed by atoms with E-state index in [2.05, 4.69) is 30.5 Å². The van der Waals surface area contributed by atoms with Crippen molar-refractivity contribution in [1.29, 1.82) is 0 Å². The number of nitrogens with zero attached hydrogens (tertiary/aromatic N) is 4. The first-order valence-electron chi connectivity index (χ1n) is 12.3. The molecule has 208 valence electrons. The van der Waals surface area contributed by atoms with Crippen LogP contribution in [-0.4, -0.2) is 85.1 Å². The minimum absolute atomic E-state index is 0. The minimum atomic E-state index is -0.367. The van der Waals surface area contributed by atoms with E-state index in [-0.39, 0.29) is 24.7 Å². The summed E-state index contributed by atoms with van der Waals surface area (Å²) in [6.07, 6.45) is 3.35. The van der Waals surface area contributed by atoms with Gasteiger partial charge in [-0.15, -0.1) is 11.3 Å². The first kappa shape index (κ1) is 28.2. The van der Waals surface area contributed by atoms with Crippen LogP contribution in [0.4, 0.5) is 11.4 Å². The number of fused-ring (bicyclic) bond motifs is 1. The van der Waals surface area contributed by atoms with Crippen LogP contribution in [0.2, 0.25) is 0 Å². The number of pyridine rings is 1. The Morgan fingerprint density at radius 1 is 1.15 bits per heavy atom. The van der Waals surface area contributed by atoms with E-state index >= 15 is 0 Å². The van der Waals surface area contributed by atoms with E-state index in [1.54, 1.807) is 43.1 Å². The van der Waals surface area contributed by atoms with E-state index < -0.39 is 0 Å². The van der Waals surface area contributed by atoms with Crippen LogP contribution in [0, 0.1) is 0 Å². The summed E-state index contributed by atoms with van der Waals surface area (Å²) in [5.41, 5.74) is 2.63. The lowest BCUT2D eigenvalue weighted by Gasteiger charge is -2.30. The number of nitrogens with one attached hydrogen (secondary N) is 3. The fourth-order valence-electron chi connectivity index (χ4n) is 4.16. The number of H-pyrrole nitrogens is 1. The standard InChI is InChI=1S/C25H29N7O5S.CH4/c1-35-10-11-36-12-13-37-17-2-3-22-18(14-17)29-24(34)32(22)25-30-20(16-38-25)23(33)28-19-15-27-5-4-21(19)31-8-6-26-7-9-31;/h2-5,14-16,26H,6-13H2,1H3,(H,28,33)(H,29,34);1H4. The molecular formula is C26H33N7O5S. The summed E-state index contributed by atoms with van der Waals surface area (Å²) in [6.45, 7) is 5.27. The maximum atomic E-state index is 13.1. The largest absolute Gasteiger partial charge is 0.491 e. The molecule has 0 aliphatic carbocycles. The maximum Gasteiger partial charge on any atom is 0.332 e.